The van der Waals surface area contributed by atoms with E-state index in [2.05, 4.69) is 13.8 Å². The van der Waals surface area contributed by atoms with Crippen LogP contribution in [0.15, 0.2) is 0 Å². The zero-order valence-corrected chi connectivity index (χ0v) is 10.6. The first kappa shape index (κ1) is 13.5. The van der Waals surface area contributed by atoms with Gasteiger partial charge < -0.3 is 14.4 Å². The zero-order chi connectivity index (χ0) is 12.0. The molecule has 1 aliphatic heterocycles. The van der Waals surface area contributed by atoms with Crippen LogP contribution < -0.4 is 0 Å². The van der Waals surface area contributed by atoms with Gasteiger partial charge in [0.15, 0.2) is 0 Å². The van der Waals surface area contributed by atoms with E-state index in [1.165, 1.54) is 0 Å². The van der Waals surface area contributed by atoms with Crippen LogP contribution in [0.5, 0.6) is 0 Å². The molecule has 0 aromatic rings. The van der Waals surface area contributed by atoms with Gasteiger partial charge in [0.1, 0.15) is 6.61 Å². The SMILES string of the molecule is COCCOCC(=O)N1CCC(C(C)C)C1. The number of hydrogen-bond acceptors (Lipinski definition) is 3. The monoisotopic (exact) mass is 229 g/mol. The van der Waals surface area contributed by atoms with Gasteiger partial charge in [-0.05, 0) is 18.3 Å². The fraction of sp³-hybridized carbons (Fsp3) is 0.917. The molecule has 1 rings (SSSR count). The van der Waals surface area contributed by atoms with Gasteiger partial charge in [-0.2, -0.15) is 0 Å². The summed E-state index contributed by atoms with van der Waals surface area (Å²) in [6.45, 7) is 7.43. The summed E-state index contributed by atoms with van der Waals surface area (Å²) in [5.41, 5.74) is 0. The molecule has 1 atom stereocenters. The van der Waals surface area contributed by atoms with E-state index in [4.69, 9.17) is 9.47 Å². The van der Waals surface area contributed by atoms with Gasteiger partial charge in [0.25, 0.3) is 0 Å². The highest BCUT2D eigenvalue weighted by atomic mass is 16.5. The third kappa shape index (κ3) is 4.10. The standard InChI is InChI=1S/C12H23NO3/c1-10(2)11-4-5-13(8-11)12(14)9-16-7-6-15-3/h10-11H,4-9H2,1-3H3. The molecule has 1 fully saturated rings. The lowest BCUT2D eigenvalue weighted by Gasteiger charge is -2.18. The molecule has 0 N–H and O–H groups in total. The third-order valence-corrected chi connectivity index (χ3v) is 3.18. The van der Waals surface area contributed by atoms with Crippen molar-refractivity contribution in [2.75, 3.05) is 40.0 Å². The molecule has 4 heteroatoms. The summed E-state index contributed by atoms with van der Waals surface area (Å²) in [6.07, 6.45) is 1.13. The van der Waals surface area contributed by atoms with Gasteiger partial charge >= 0.3 is 0 Å². The first-order chi connectivity index (χ1) is 7.65. The lowest BCUT2D eigenvalue weighted by molar-refractivity contribution is -0.135. The van der Waals surface area contributed by atoms with Gasteiger partial charge in [0.2, 0.25) is 5.91 Å². The molecule has 16 heavy (non-hydrogen) atoms. The number of amides is 1. The van der Waals surface area contributed by atoms with E-state index in [1.807, 2.05) is 4.90 Å². The Balaban J connectivity index is 2.18. The maximum absolute atomic E-state index is 11.7. The minimum atomic E-state index is 0.110. The largest absolute Gasteiger partial charge is 0.382 e. The minimum absolute atomic E-state index is 0.110. The Kier molecular flexibility index (Phi) is 5.77. The minimum Gasteiger partial charge on any atom is -0.382 e. The number of hydrogen-bond donors (Lipinski definition) is 0. The van der Waals surface area contributed by atoms with Crippen LogP contribution in [-0.4, -0.2) is 50.8 Å². The van der Waals surface area contributed by atoms with Gasteiger partial charge in [-0.3, -0.25) is 4.79 Å². The van der Waals surface area contributed by atoms with E-state index in [1.54, 1.807) is 7.11 Å². The second-order valence-electron chi connectivity index (χ2n) is 4.68. The quantitative estimate of drug-likeness (QED) is 0.641. The normalized spacial score (nSPS) is 20.8. The maximum atomic E-state index is 11.7. The number of carbonyl (C=O) groups excluding carboxylic acids is 1. The smallest absolute Gasteiger partial charge is 0.248 e. The van der Waals surface area contributed by atoms with Crippen LogP contribution in [0.3, 0.4) is 0 Å². The lowest BCUT2D eigenvalue weighted by atomic mass is 9.95. The molecule has 1 heterocycles. The molecule has 0 aromatic heterocycles. The predicted molar refractivity (Wildman–Crippen MR) is 62.2 cm³/mol. The van der Waals surface area contributed by atoms with Crippen LogP contribution in [0.1, 0.15) is 20.3 Å². The van der Waals surface area contributed by atoms with Crippen molar-refractivity contribution < 1.29 is 14.3 Å². The summed E-state index contributed by atoms with van der Waals surface area (Å²) in [6, 6.07) is 0. The summed E-state index contributed by atoms with van der Waals surface area (Å²) in [7, 11) is 1.62. The Morgan fingerprint density at radius 1 is 1.44 bits per heavy atom. The van der Waals surface area contributed by atoms with Gasteiger partial charge in [0, 0.05) is 20.2 Å². The molecular weight excluding hydrogens is 206 g/mol. The fourth-order valence-electron chi connectivity index (χ4n) is 1.95. The highest BCUT2D eigenvalue weighted by Crippen LogP contribution is 2.23. The lowest BCUT2D eigenvalue weighted by Crippen LogP contribution is -2.32. The van der Waals surface area contributed by atoms with E-state index in [0.29, 0.717) is 25.0 Å². The first-order valence-corrected chi connectivity index (χ1v) is 5.99. The van der Waals surface area contributed by atoms with Gasteiger partial charge in [-0.1, -0.05) is 13.8 Å². The van der Waals surface area contributed by atoms with Crippen LogP contribution in [-0.2, 0) is 14.3 Å². The summed E-state index contributed by atoms with van der Waals surface area (Å²) in [5, 5.41) is 0. The van der Waals surface area contributed by atoms with E-state index in [0.717, 1.165) is 19.5 Å². The van der Waals surface area contributed by atoms with Crippen molar-refractivity contribution in [1.29, 1.82) is 0 Å². The molecule has 4 nitrogen and oxygen atoms in total. The second-order valence-corrected chi connectivity index (χ2v) is 4.68. The number of likely N-dealkylation sites (tertiary alicyclic amines) is 1. The van der Waals surface area contributed by atoms with Crippen LogP contribution in [0.2, 0.25) is 0 Å². The van der Waals surface area contributed by atoms with Crippen molar-refractivity contribution in [3.05, 3.63) is 0 Å². The molecule has 1 aliphatic rings. The predicted octanol–water partition coefficient (Wildman–Crippen LogP) is 1.15. The number of nitrogens with zero attached hydrogens (tertiary/aromatic N) is 1. The van der Waals surface area contributed by atoms with E-state index >= 15 is 0 Å². The number of methoxy groups -OCH3 is 1. The van der Waals surface area contributed by atoms with Crippen molar-refractivity contribution in [2.45, 2.75) is 20.3 Å². The first-order valence-electron chi connectivity index (χ1n) is 5.99. The molecule has 94 valence electrons. The summed E-state index contributed by atoms with van der Waals surface area (Å²) >= 11 is 0. The number of ether oxygens (including phenoxy) is 2. The van der Waals surface area contributed by atoms with Crippen molar-refractivity contribution in [3.63, 3.8) is 0 Å². The third-order valence-electron chi connectivity index (χ3n) is 3.18. The Labute approximate surface area is 97.9 Å². The van der Waals surface area contributed by atoms with Crippen LogP contribution in [0.4, 0.5) is 0 Å². The molecule has 0 radical (unpaired) electrons. The van der Waals surface area contributed by atoms with Gasteiger partial charge in [-0.15, -0.1) is 0 Å². The number of carbonyl (C=O) groups is 1. The average molecular weight is 229 g/mol. The molecule has 0 spiro atoms. The topological polar surface area (TPSA) is 38.8 Å². The Morgan fingerprint density at radius 3 is 2.75 bits per heavy atom. The summed E-state index contributed by atoms with van der Waals surface area (Å²) in [4.78, 5) is 13.7. The maximum Gasteiger partial charge on any atom is 0.248 e. The molecule has 1 amide bonds. The Hall–Kier alpha value is -0.610. The Bertz CT molecular complexity index is 218. The molecule has 0 bridgehead atoms. The molecule has 0 aliphatic carbocycles. The van der Waals surface area contributed by atoms with E-state index < -0.39 is 0 Å². The van der Waals surface area contributed by atoms with Crippen molar-refractivity contribution in [3.8, 4) is 0 Å². The Morgan fingerprint density at radius 2 is 2.19 bits per heavy atom. The highest BCUT2D eigenvalue weighted by Gasteiger charge is 2.27. The van der Waals surface area contributed by atoms with Gasteiger partial charge in [-0.25, -0.2) is 0 Å². The van der Waals surface area contributed by atoms with Crippen LogP contribution in [0, 0.1) is 11.8 Å². The summed E-state index contributed by atoms with van der Waals surface area (Å²) < 4.78 is 10.1. The van der Waals surface area contributed by atoms with Gasteiger partial charge in [0.05, 0.1) is 13.2 Å². The average Bonchev–Trinajstić information content (AvgIpc) is 2.73. The molecule has 1 unspecified atom stereocenters. The van der Waals surface area contributed by atoms with Crippen molar-refractivity contribution in [2.24, 2.45) is 11.8 Å². The number of rotatable bonds is 6. The highest BCUT2D eigenvalue weighted by molar-refractivity contribution is 5.77. The fourth-order valence-corrected chi connectivity index (χ4v) is 1.95. The second kappa shape index (κ2) is 6.86. The van der Waals surface area contributed by atoms with Crippen LogP contribution >= 0.6 is 0 Å². The molecular formula is C12H23NO3. The van der Waals surface area contributed by atoms with Crippen LogP contribution in [0.25, 0.3) is 0 Å². The summed E-state index contributed by atoms with van der Waals surface area (Å²) in [5.74, 6) is 1.43. The van der Waals surface area contributed by atoms with Crippen molar-refractivity contribution in [1.82, 2.24) is 4.90 Å². The van der Waals surface area contributed by atoms with E-state index in [-0.39, 0.29) is 12.5 Å². The molecule has 0 aromatic carbocycles. The molecule has 1 saturated heterocycles. The molecule has 0 saturated carbocycles. The van der Waals surface area contributed by atoms with E-state index in [9.17, 15) is 4.79 Å². The zero-order valence-electron chi connectivity index (χ0n) is 10.6. The van der Waals surface area contributed by atoms with Crippen molar-refractivity contribution >= 4 is 5.91 Å².